The molecule has 1 heterocycles. The second kappa shape index (κ2) is 5.93. The Bertz CT molecular complexity index is 415. The predicted octanol–water partition coefficient (Wildman–Crippen LogP) is 2.30. The van der Waals surface area contributed by atoms with Crippen LogP contribution in [0.25, 0.3) is 0 Å². The largest absolute Gasteiger partial charge is 0.390 e. The van der Waals surface area contributed by atoms with E-state index in [1.807, 2.05) is 0 Å². The molecule has 0 unspecified atom stereocenters. The minimum Gasteiger partial charge on any atom is -0.390 e. The lowest BCUT2D eigenvalue weighted by Gasteiger charge is -2.39. The van der Waals surface area contributed by atoms with Crippen molar-refractivity contribution in [1.82, 2.24) is 0 Å². The van der Waals surface area contributed by atoms with E-state index in [1.165, 1.54) is 0 Å². The van der Waals surface area contributed by atoms with Crippen LogP contribution in [0.1, 0.15) is 0 Å². The van der Waals surface area contributed by atoms with E-state index in [0.29, 0.717) is 0 Å². The van der Waals surface area contributed by atoms with Crippen LogP contribution in [-0.2, 0) is 4.74 Å². The Labute approximate surface area is 118 Å². The van der Waals surface area contributed by atoms with Crippen LogP contribution in [0.5, 0.6) is 0 Å². The lowest BCUT2D eigenvalue weighted by molar-refractivity contribution is -0.177. The third-order valence-electron chi connectivity index (χ3n) is 2.86. The third-order valence-corrected chi connectivity index (χ3v) is 4.32. The molecule has 0 saturated carbocycles. The maximum Gasteiger partial charge on any atom is 0.330 e. The maximum atomic E-state index is 13.4. The maximum absolute atomic E-state index is 13.4. The fourth-order valence-corrected chi connectivity index (χ4v) is 3.41. The Balaban J connectivity index is 2.18. The number of halogens is 3. The Morgan fingerprint density at radius 2 is 1.89 bits per heavy atom. The number of aliphatic hydroxyl groups excluding tert-OH is 2. The summed E-state index contributed by atoms with van der Waals surface area (Å²) in [4.78, 5) is 0.724. The average Bonchev–Trinajstić information content (AvgIpc) is 2.34. The van der Waals surface area contributed by atoms with Gasteiger partial charge in [-0.2, -0.15) is 8.78 Å². The molecule has 4 atom stereocenters. The molecule has 0 spiro atoms. The van der Waals surface area contributed by atoms with Crippen LogP contribution < -0.4 is 0 Å². The molecule has 3 nitrogen and oxygen atoms in total. The lowest BCUT2D eigenvalue weighted by Crippen LogP contribution is -2.53. The summed E-state index contributed by atoms with van der Waals surface area (Å²) in [5, 5.41) is 15.5. The molecule has 106 valence electrons. The van der Waals surface area contributed by atoms with Gasteiger partial charge in [-0.25, -0.2) is 0 Å². The van der Waals surface area contributed by atoms with E-state index in [9.17, 15) is 19.0 Å². The van der Waals surface area contributed by atoms with Crippen LogP contribution in [0.4, 0.5) is 8.78 Å². The van der Waals surface area contributed by atoms with Crippen molar-refractivity contribution in [3.05, 3.63) is 30.3 Å². The Morgan fingerprint density at radius 3 is 2.47 bits per heavy atom. The first kappa shape index (κ1) is 15.0. The predicted molar refractivity (Wildman–Crippen MR) is 68.3 cm³/mol. The smallest absolute Gasteiger partial charge is 0.330 e. The number of aliphatic hydroxyl groups is 2. The van der Waals surface area contributed by atoms with Gasteiger partial charge in [0.05, 0.1) is 12.7 Å². The first-order chi connectivity index (χ1) is 8.89. The molecule has 7 heteroatoms. The topological polar surface area (TPSA) is 49.7 Å². The van der Waals surface area contributed by atoms with Crippen LogP contribution in [0.15, 0.2) is 35.2 Å². The highest BCUT2D eigenvalue weighted by molar-refractivity contribution is 7.99. The van der Waals surface area contributed by atoms with Gasteiger partial charge >= 0.3 is 5.38 Å². The van der Waals surface area contributed by atoms with E-state index in [1.54, 1.807) is 30.3 Å². The van der Waals surface area contributed by atoms with Gasteiger partial charge in [-0.15, -0.1) is 0 Å². The molecule has 0 radical (unpaired) electrons. The number of benzene rings is 1. The van der Waals surface area contributed by atoms with Crippen molar-refractivity contribution in [1.29, 1.82) is 0 Å². The second-order valence-electron chi connectivity index (χ2n) is 4.26. The fraction of sp³-hybridized carbons (Fsp3) is 0.500. The van der Waals surface area contributed by atoms with Crippen molar-refractivity contribution in [2.45, 2.75) is 27.9 Å². The van der Waals surface area contributed by atoms with Gasteiger partial charge in [0, 0.05) is 4.90 Å². The molecule has 1 aromatic carbocycles. The Morgan fingerprint density at radius 1 is 1.26 bits per heavy atom. The highest BCUT2D eigenvalue weighted by Gasteiger charge is 2.52. The molecular formula is C12H13ClF2O3S. The average molecular weight is 311 g/mol. The Kier molecular flexibility index (Phi) is 4.68. The van der Waals surface area contributed by atoms with Gasteiger partial charge in [0.1, 0.15) is 17.5 Å². The van der Waals surface area contributed by atoms with E-state index in [2.05, 4.69) is 0 Å². The zero-order valence-corrected chi connectivity index (χ0v) is 11.3. The molecule has 1 aliphatic rings. The van der Waals surface area contributed by atoms with Crippen LogP contribution >= 0.6 is 23.4 Å². The second-order valence-corrected chi connectivity index (χ2v) is 5.93. The van der Waals surface area contributed by atoms with E-state index >= 15 is 0 Å². The van der Waals surface area contributed by atoms with Crippen LogP contribution in [0.2, 0.25) is 0 Å². The Hall–Kier alpha value is -0.400. The minimum absolute atomic E-state index is 0.199. The molecule has 19 heavy (non-hydrogen) atoms. The normalized spacial score (nSPS) is 32.3. The van der Waals surface area contributed by atoms with Crippen molar-refractivity contribution in [2.24, 2.45) is 5.92 Å². The fourth-order valence-electron chi connectivity index (χ4n) is 1.88. The molecule has 1 fully saturated rings. The molecule has 0 amide bonds. The van der Waals surface area contributed by atoms with E-state index in [-0.39, 0.29) is 6.61 Å². The van der Waals surface area contributed by atoms with Crippen molar-refractivity contribution in [3.8, 4) is 0 Å². The highest BCUT2D eigenvalue weighted by atomic mass is 35.5. The van der Waals surface area contributed by atoms with Crippen molar-refractivity contribution < 1.29 is 23.7 Å². The summed E-state index contributed by atoms with van der Waals surface area (Å²) in [5.74, 6) is -1.68. The number of thioether (sulfide) groups is 1. The molecule has 1 saturated heterocycles. The molecule has 2 N–H and O–H groups in total. The van der Waals surface area contributed by atoms with Crippen molar-refractivity contribution in [2.75, 3.05) is 6.61 Å². The van der Waals surface area contributed by atoms with Crippen LogP contribution in [0.3, 0.4) is 0 Å². The van der Waals surface area contributed by atoms with Crippen molar-refractivity contribution >= 4 is 23.4 Å². The zero-order valence-electron chi connectivity index (χ0n) is 9.75. The third kappa shape index (κ3) is 3.58. The van der Waals surface area contributed by atoms with Crippen molar-refractivity contribution in [3.63, 3.8) is 0 Å². The number of rotatable bonds is 3. The van der Waals surface area contributed by atoms with Gasteiger partial charge in [-0.1, -0.05) is 30.0 Å². The van der Waals surface area contributed by atoms with Gasteiger partial charge in [0.2, 0.25) is 0 Å². The van der Waals surface area contributed by atoms with E-state index < -0.39 is 28.9 Å². The molecule has 0 aromatic heterocycles. The molecular weight excluding hydrogens is 298 g/mol. The van der Waals surface area contributed by atoms with Gasteiger partial charge in [0.15, 0.2) is 0 Å². The number of alkyl halides is 3. The van der Waals surface area contributed by atoms with Gasteiger partial charge in [-0.05, 0) is 23.7 Å². The summed E-state index contributed by atoms with van der Waals surface area (Å²) < 4.78 is 32.0. The number of hydrogen-bond acceptors (Lipinski definition) is 4. The molecule has 2 rings (SSSR count). The zero-order chi connectivity index (χ0) is 14.0. The van der Waals surface area contributed by atoms with E-state index in [0.717, 1.165) is 16.7 Å². The summed E-state index contributed by atoms with van der Waals surface area (Å²) in [5.41, 5.74) is -1.02. The van der Waals surface area contributed by atoms with Gasteiger partial charge in [-0.3, -0.25) is 0 Å². The summed E-state index contributed by atoms with van der Waals surface area (Å²) >= 11 is 6.08. The first-order valence-electron chi connectivity index (χ1n) is 5.66. The molecule has 0 aliphatic carbocycles. The van der Waals surface area contributed by atoms with Gasteiger partial charge < -0.3 is 14.9 Å². The monoisotopic (exact) mass is 310 g/mol. The first-order valence-corrected chi connectivity index (χ1v) is 6.91. The quantitative estimate of drug-likeness (QED) is 0.841. The summed E-state index contributed by atoms with van der Waals surface area (Å²) in [7, 11) is 0. The van der Waals surface area contributed by atoms with Crippen LogP contribution in [0, 0.1) is 5.92 Å². The number of ether oxygens (including phenoxy) is 1. The SMILES string of the molecule is O[C@H]1[C@H](C(F)(F)Cl)[C@H](Sc2ccccc2)OC[C@H]1O. The van der Waals surface area contributed by atoms with Gasteiger partial charge in [0.25, 0.3) is 0 Å². The van der Waals surface area contributed by atoms with E-state index in [4.69, 9.17) is 16.3 Å². The molecule has 1 aliphatic heterocycles. The lowest BCUT2D eigenvalue weighted by atomic mass is 9.96. The highest BCUT2D eigenvalue weighted by Crippen LogP contribution is 2.44. The van der Waals surface area contributed by atoms with Crippen LogP contribution in [-0.4, -0.2) is 39.8 Å². The molecule has 1 aromatic rings. The summed E-state index contributed by atoms with van der Waals surface area (Å²) in [6.07, 6.45) is -2.98. The molecule has 0 bridgehead atoms. The summed E-state index contributed by atoms with van der Waals surface area (Å²) in [6, 6.07) is 8.83. The number of hydrogen-bond donors (Lipinski definition) is 2. The minimum atomic E-state index is -3.66. The summed E-state index contributed by atoms with van der Waals surface area (Å²) in [6.45, 7) is -0.199. The standard InChI is InChI=1S/C12H13ClF2O3S/c13-12(14,15)9-10(17)8(16)6-18-11(9)19-7-4-2-1-3-5-7/h1-5,8-11,16-17H,6H2/t8-,9+,10-,11+/m1/s1.